The molecule has 0 rings (SSSR count). The second kappa shape index (κ2) is 44.0. The van der Waals surface area contributed by atoms with Gasteiger partial charge in [0.1, 0.15) is 6.61 Å². The van der Waals surface area contributed by atoms with Gasteiger partial charge in [-0.15, -0.1) is 0 Å². The van der Waals surface area contributed by atoms with Crippen molar-refractivity contribution in [1.82, 2.24) is 0 Å². The van der Waals surface area contributed by atoms with Crippen LogP contribution in [0.5, 0.6) is 0 Å². The number of esters is 2. The second-order valence-electron chi connectivity index (χ2n) is 15.7. The number of carbonyl (C=O) groups is 2. The molecule has 0 aliphatic heterocycles. The number of unbranched alkanes of at least 4 members (excludes halogenated alkanes) is 30. The van der Waals surface area contributed by atoms with Gasteiger partial charge in [-0.25, -0.2) is 0 Å². The average molecular weight is 735 g/mol. The van der Waals surface area contributed by atoms with E-state index < -0.39 is 6.10 Å². The van der Waals surface area contributed by atoms with Gasteiger partial charge in [0.25, 0.3) is 0 Å². The lowest BCUT2D eigenvalue weighted by atomic mass is 10.0. The fourth-order valence-electron chi connectivity index (χ4n) is 6.80. The van der Waals surface area contributed by atoms with Gasteiger partial charge in [0.15, 0.2) is 6.10 Å². The molecule has 1 unspecified atom stereocenters. The van der Waals surface area contributed by atoms with Gasteiger partial charge >= 0.3 is 11.9 Å². The van der Waals surface area contributed by atoms with E-state index in [0.717, 1.165) is 44.9 Å². The Morgan fingerprint density at radius 3 is 1.19 bits per heavy atom. The van der Waals surface area contributed by atoms with Gasteiger partial charge in [-0.05, 0) is 44.9 Å². The highest BCUT2D eigenvalue weighted by Gasteiger charge is 2.17. The van der Waals surface area contributed by atoms with Crippen molar-refractivity contribution in [3.8, 4) is 0 Å². The molecule has 0 bridgehead atoms. The van der Waals surface area contributed by atoms with Crippen LogP contribution in [-0.4, -0.2) is 37.9 Å². The minimum atomic E-state index is -0.527. The molecule has 0 aliphatic carbocycles. The van der Waals surface area contributed by atoms with Crippen molar-refractivity contribution in [3.05, 3.63) is 12.2 Å². The van der Waals surface area contributed by atoms with Gasteiger partial charge in [0.2, 0.25) is 0 Å². The summed E-state index contributed by atoms with van der Waals surface area (Å²) in [7, 11) is 0. The van der Waals surface area contributed by atoms with E-state index in [4.69, 9.17) is 14.2 Å². The SMILES string of the molecule is CCCCCC/C=C\CCCCCCCC(=O)OCC(COCCCCCCCCCCCCCCCC)OC(=O)CCCCCCCCCCC. The van der Waals surface area contributed by atoms with E-state index >= 15 is 0 Å². The molecule has 0 aromatic rings. The van der Waals surface area contributed by atoms with Crippen molar-refractivity contribution in [2.45, 2.75) is 258 Å². The maximum absolute atomic E-state index is 12.7. The van der Waals surface area contributed by atoms with Crippen molar-refractivity contribution in [3.63, 3.8) is 0 Å². The van der Waals surface area contributed by atoms with E-state index in [1.807, 2.05) is 0 Å². The summed E-state index contributed by atoms with van der Waals surface area (Å²) in [6.45, 7) is 7.83. The maximum Gasteiger partial charge on any atom is 0.306 e. The fraction of sp³-hybridized carbons (Fsp3) is 0.915. The minimum Gasteiger partial charge on any atom is -0.462 e. The first-order valence-electron chi connectivity index (χ1n) is 23.2. The fourth-order valence-corrected chi connectivity index (χ4v) is 6.80. The third-order valence-electron chi connectivity index (χ3n) is 10.3. The van der Waals surface area contributed by atoms with Crippen LogP contribution in [0.4, 0.5) is 0 Å². The van der Waals surface area contributed by atoms with Gasteiger partial charge in [0, 0.05) is 19.4 Å². The van der Waals surface area contributed by atoms with E-state index in [1.54, 1.807) is 0 Å². The van der Waals surface area contributed by atoms with Crippen LogP contribution in [0.25, 0.3) is 0 Å². The van der Waals surface area contributed by atoms with Crippen LogP contribution in [-0.2, 0) is 23.8 Å². The molecule has 0 fully saturated rings. The molecule has 5 nitrogen and oxygen atoms in total. The summed E-state index contributed by atoms with van der Waals surface area (Å²) in [5.41, 5.74) is 0. The van der Waals surface area contributed by atoms with Crippen molar-refractivity contribution in [2.24, 2.45) is 0 Å². The normalized spacial score (nSPS) is 12.1. The summed E-state index contributed by atoms with van der Waals surface area (Å²) in [5, 5.41) is 0. The molecule has 5 heteroatoms. The smallest absolute Gasteiger partial charge is 0.306 e. The van der Waals surface area contributed by atoms with Crippen LogP contribution in [0.15, 0.2) is 12.2 Å². The highest BCUT2D eigenvalue weighted by atomic mass is 16.6. The Balaban J connectivity index is 4.18. The Labute approximate surface area is 325 Å². The Bertz CT molecular complexity index is 750. The molecule has 0 amide bonds. The van der Waals surface area contributed by atoms with Crippen LogP contribution in [0, 0.1) is 0 Å². The van der Waals surface area contributed by atoms with E-state index in [9.17, 15) is 9.59 Å². The van der Waals surface area contributed by atoms with Crippen molar-refractivity contribution in [1.29, 1.82) is 0 Å². The highest BCUT2D eigenvalue weighted by molar-refractivity contribution is 5.70. The maximum atomic E-state index is 12.7. The third kappa shape index (κ3) is 41.4. The highest BCUT2D eigenvalue weighted by Crippen LogP contribution is 2.15. The van der Waals surface area contributed by atoms with Gasteiger partial charge in [0.05, 0.1) is 6.61 Å². The molecule has 0 aliphatic rings. The van der Waals surface area contributed by atoms with Crippen molar-refractivity contribution in [2.75, 3.05) is 19.8 Å². The predicted octanol–water partition coefficient (Wildman–Crippen LogP) is 15.1. The van der Waals surface area contributed by atoms with E-state index in [-0.39, 0.29) is 18.5 Å². The van der Waals surface area contributed by atoms with Crippen LogP contribution >= 0.6 is 0 Å². The number of carbonyl (C=O) groups excluding carboxylic acids is 2. The Morgan fingerprint density at radius 2 is 0.750 bits per heavy atom. The molecule has 0 aromatic heterocycles. The standard InChI is InChI=1S/C47H90O5/c1-4-7-10-13-16-19-21-23-25-27-30-33-36-39-42-50-43-45(52-47(49)41-38-35-32-28-18-15-12-9-6-3)44-51-46(48)40-37-34-31-29-26-24-22-20-17-14-11-8-5-2/h20,22,45H,4-19,21,23-44H2,1-3H3/b22-20-. The van der Waals surface area contributed by atoms with E-state index in [1.165, 1.54) is 173 Å². The van der Waals surface area contributed by atoms with Crippen LogP contribution in [0.1, 0.15) is 252 Å². The zero-order valence-electron chi connectivity index (χ0n) is 35.4. The molecule has 0 saturated carbocycles. The molecule has 0 heterocycles. The summed E-state index contributed by atoms with van der Waals surface area (Å²) < 4.78 is 17.3. The van der Waals surface area contributed by atoms with E-state index in [2.05, 4.69) is 32.9 Å². The number of allylic oxidation sites excluding steroid dienone is 2. The Kier molecular flexibility index (Phi) is 42.9. The van der Waals surface area contributed by atoms with Gasteiger partial charge in [-0.2, -0.15) is 0 Å². The molecule has 0 aromatic carbocycles. The van der Waals surface area contributed by atoms with Crippen LogP contribution in [0.2, 0.25) is 0 Å². The quantitative estimate of drug-likeness (QED) is 0.0355. The average Bonchev–Trinajstić information content (AvgIpc) is 3.14. The second-order valence-corrected chi connectivity index (χ2v) is 15.7. The van der Waals surface area contributed by atoms with E-state index in [0.29, 0.717) is 26.1 Å². The molecule has 1 atom stereocenters. The number of hydrogen-bond acceptors (Lipinski definition) is 5. The van der Waals surface area contributed by atoms with Gasteiger partial charge in [-0.1, -0.05) is 206 Å². The number of hydrogen-bond donors (Lipinski definition) is 0. The molecular formula is C47H90O5. The third-order valence-corrected chi connectivity index (χ3v) is 10.3. The van der Waals surface area contributed by atoms with Crippen LogP contribution in [0.3, 0.4) is 0 Å². The summed E-state index contributed by atoms with van der Waals surface area (Å²) in [5.74, 6) is -0.395. The lowest BCUT2D eigenvalue weighted by Gasteiger charge is -2.18. The molecule has 0 N–H and O–H groups in total. The minimum absolute atomic E-state index is 0.0891. The van der Waals surface area contributed by atoms with Crippen molar-refractivity contribution >= 4 is 11.9 Å². The van der Waals surface area contributed by atoms with Gasteiger partial charge < -0.3 is 14.2 Å². The topological polar surface area (TPSA) is 61.8 Å². The zero-order chi connectivity index (χ0) is 37.8. The molecule has 52 heavy (non-hydrogen) atoms. The van der Waals surface area contributed by atoms with Crippen molar-refractivity contribution < 1.29 is 23.8 Å². The Hall–Kier alpha value is -1.36. The number of ether oxygens (including phenoxy) is 3. The molecule has 0 spiro atoms. The zero-order valence-corrected chi connectivity index (χ0v) is 35.4. The lowest BCUT2D eigenvalue weighted by molar-refractivity contribution is -0.163. The summed E-state index contributed by atoms with van der Waals surface area (Å²) >= 11 is 0. The van der Waals surface area contributed by atoms with Gasteiger partial charge in [-0.3, -0.25) is 9.59 Å². The number of rotatable bonds is 43. The predicted molar refractivity (Wildman–Crippen MR) is 224 cm³/mol. The molecule has 308 valence electrons. The monoisotopic (exact) mass is 735 g/mol. The first-order valence-corrected chi connectivity index (χ1v) is 23.2. The molecule has 0 radical (unpaired) electrons. The first kappa shape index (κ1) is 50.6. The lowest BCUT2D eigenvalue weighted by Crippen LogP contribution is -2.30. The summed E-state index contributed by atoms with van der Waals surface area (Å²) in [4.78, 5) is 25.2. The Morgan fingerprint density at radius 1 is 0.404 bits per heavy atom. The largest absolute Gasteiger partial charge is 0.462 e. The van der Waals surface area contributed by atoms with Crippen LogP contribution < -0.4 is 0 Å². The molecular weight excluding hydrogens is 645 g/mol. The molecule has 0 saturated heterocycles. The summed E-state index contributed by atoms with van der Waals surface area (Å²) in [6, 6.07) is 0. The first-order chi connectivity index (χ1) is 25.6. The summed E-state index contributed by atoms with van der Waals surface area (Å²) in [6.07, 6.45) is 47.8.